The van der Waals surface area contributed by atoms with Crippen LogP contribution in [0.3, 0.4) is 0 Å². The molecule has 0 bridgehead atoms. The highest BCUT2D eigenvalue weighted by atomic mass is 14.5. The van der Waals surface area contributed by atoms with E-state index in [1.807, 2.05) is 24.3 Å². The molecule has 216 valence electrons. The van der Waals surface area contributed by atoms with Crippen molar-refractivity contribution in [3.05, 3.63) is 128 Å². The van der Waals surface area contributed by atoms with Crippen molar-refractivity contribution in [3.63, 3.8) is 0 Å². The lowest BCUT2D eigenvalue weighted by atomic mass is 9.92. The number of nitrogens with two attached hydrogens (primary N) is 2. The Bertz CT molecular complexity index is 1240. The van der Waals surface area contributed by atoms with Gasteiger partial charge in [-0.25, -0.2) is 0 Å². The summed E-state index contributed by atoms with van der Waals surface area (Å²) < 4.78 is 0. The molecule has 0 heterocycles. The number of aryl methyl sites for hydroxylation is 6. The largest absolute Gasteiger partial charge is 0.399 e. The normalized spacial score (nSPS) is 11.2. The van der Waals surface area contributed by atoms with Crippen molar-refractivity contribution in [1.29, 1.82) is 0 Å². The summed E-state index contributed by atoms with van der Waals surface area (Å²) in [6.07, 6.45) is 13.6. The third-order valence-electron chi connectivity index (χ3n) is 8.66. The SMILES string of the molecule is Cc1cc(CCCCCCCCCc2cc(C)c(Cc3ccc(N)cc3)c(C)c2)cc(C)c1Cc1ccc(N)cc1. The van der Waals surface area contributed by atoms with Gasteiger partial charge in [0.05, 0.1) is 0 Å². The van der Waals surface area contributed by atoms with Crippen molar-refractivity contribution in [3.8, 4) is 0 Å². The van der Waals surface area contributed by atoms with Gasteiger partial charge in [0.15, 0.2) is 0 Å². The molecule has 0 amide bonds. The van der Waals surface area contributed by atoms with E-state index in [1.54, 1.807) is 0 Å². The zero-order chi connectivity index (χ0) is 29.2. The topological polar surface area (TPSA) is 52.0 Å². The quantitative estimate of drug-likeness (QED) is 0.122. The van der Waals surface area contributed by atoms with Gasteiger partial charge in [-0.05, 0) is 146 Å². The molecule has 0 fully saturated rings. The lowest BCUT2D eigenvalue weighted by Gasteiger charge is -2.14. The molecule has 41 heavy (non-hydrogen) atoms. The summed E-state index contributed by atoms with van der Waals surface area (Å²) in [5.41, 5.74) is 27.6. The Morgan fingerprint density at radius 1 is 0.390 bits per heavy atom. The van der Waals surface area contributed by atoms with Crippen molar-refractivity contribution < 1.29 is 0 Å². The fourth-order valence-electron chi connectivity index (χ4n) is 6.23. The molecule has 0 unspecified atom stereocenters. The molecular weight excluding hydrogens is 496 g/mol. The van der Waals surface area contributed by atoms with Crippen LogP contribution in [0.5, 0.6) is 0 Å². The highest BCUT2D eigenvalue weighted by Gasteiger charge is 2.08. The summed E-state index contributed by atoms with van der Waals surface area (Å²) >= 11 is 0. The van der Waals surface area contributed by atoms with Crippen LogP contribution in [-0.4, -0.2) is 0 Å². The van der Waals surface area contributed by atoms with Gasteiger partial charge in [-0.15, -0.1) is 0 Å². The zero-order valence-electron chi connectivity index (χ0n) is 25.9. The first-order valence-corrected chi connectivity index (χ1v) is 15.7. The second-order valence-electron chi connectivity index (χ2n) is 12.2. The number of nitrogen functional groups attached to an aromatic ring is 2. The second-order valence-corrected chi connectivity index (χ2v) is 12.2. The maximum atomic E-state index is 5.85. The molecule has 4 N–H and O–H groups in total. The average Bonchev–Trinajstić information content (AvgIpc) is 2.94. The van der Waals surface area contributed by atoms with Crippen LogP contribution in [0, 0.1) is 27.7 Å². The van der Waals surface area contributed by atoms with Crippen molar-refractivity contribution in [1.82, 2.24) is 0 Å². The van der Waals surface area contributed by atoms with E-state index >= 15 is 0 Å². The fourth-order valence-corrected chi connectivity index (χ4v) is 6.23. The van der Waals surface area contributed by atoms with Crippen molar-refractivity contribution >= 4 is 11.4 Å². The van der Waals surface area contributed by atoms with Crippen molar-refractivity contribution in [2.45, 2.75) is 98.3 Å². The Hall–Kier alpha value is -3.52. The number of anilines is 2. The van der Waals surface area contributed by atoms with E-state index in [9.17, 15) is 0 Å². The maximum absolute atomic E-state index is 5.85. The Morgan fingerprint density at radius 3 is 1.00 bits per heavy atom. The molecule has 0 saturated carbocycles. The van der Waals surface area contributed by atoms with Crippen LogP contribution in [0.4, 0.5) is 11.4 Å². The Kier molecular flexibility index (Phi) is 11.1. The fraction of sp³-hybridized carbons (Fsp3) is 0.385. The first-order chi connectivity index (χ1) is 19.8. The summed E-state index contributed by atoms with van der Waals surface area (Å²) in [7, 11) is 0. The summed E-state index contributed by atoms with van der Waals surface area (Å²) in [5, 5.41) is 0. The van der Waals surface area contributed by atoms with Crippen LogP contribution in [-0.2, 0) is 25.7 Å². The molecular formula is C39H50N2. The molecule has 0 aliphatic carbocycles. The van der Waals surface area contributed by atoms with Gasteiger partial charge < -0.3 is 11.5 Å². The summed E-state index contributed by atoms with van der Waals surface area (Å²) in [6, 6.07) is 26.2. The number of hydrogen-bond donors (Lipinski definition) is 2. The summed E-state index contributed by atoms with van der Waals surface area (Å²) in [5.74, 6) is 0. The molecule has 0 spiro atoms. The monoisotopic (exact) mass is 546 g/mol. The molecule has 2 heteroatoms. The van der Waals surface area contributed by atoms with Gasteiger partial charge in [0.25, 0.3) is 0 Å². The Labute approximate surface area is 249 Å². The number of hydrogen-bond acceptors (Lipinski definition) is 2. The minimum atomic E-state index is 0.829. The average molecular weight is 547 g/mol. The van der Waals surface area contributed by atoms with Crippen LogP contribution in [0.25, 0.3) is 0 Å². The summed E-state index contributed by atoms with van der Waals surface area (Å²) in [6.45, 7) is 9.06. The number of benzene rings is 4. The first kappa shape index (κ1) is 30.4. The van der Waals surface area contributed by atoms with Crippen LogP contribution in [0.15, 0.2) is 72.8 Å². The molecule has 4 aromatic carbocycles. The van der Waals surface area contributed by atoms with Crippen molar-refractivity contribution in [2.24, 2.45) is 0 Å². The van der Waals surface area contributed by atoms with Crippen molar-refractivity contribution in [2.75, 3.05) is 11.5 Å². The van der Waals surface area contributed by atoms with E-state index in [0.717, 1.165) is 24.2 Å². The highest BCUT2D eigenvalue weighted by molar-refractivity contribution is 5.46. The minimum Gasteiger partial charge on any atom is -0.399 e. The van der Waals surface area contributed by atoms with Crippen LogP contribution < -0.4 is 11.5 Å². The maximum Gasteiger partial charge on any atom is 0.0314 e. The van der Waals surface area contributed by atoms with Crippen LogP contribution >= 0.6 is 0 Å². The minimum absolute atomic E-state index is 0.829. The lowest BCUT2D eigenvalue weighted by molar-refractivity contribution is 0.579. The zero-order valence-corrected chi connectivity index (χ0v) is 25.9. The summed E-state index contributed by atoms with van der Waals surface area (Å²) in [4.78, 5) is 0. The molecule has 2 nitrogen and oxygen atoms in total. The second kappa shape index (κ2) is 14.9. The molecule has 0 saturated heterocycles. The van der Waals surface area contributed by atoms with E-state index in [1.165, 1.54) is 113 Å². The van der Waals surface area contributed by atoms with Gasteiger partial charge in [0.2, 0.25) is 0 Å². The Balaban J connectivity index is 1.12. The number of unbranched alkanes of at least 4 members (excludes halogenated alkanes) is 6. The van der Waals surface area contributed by atoms with Gasteiger partial charge in [0, 0.05) is 11.4 Å². The molecule has 0 radical (unpaired) electrons. The molecule has 0 aliphatic heterocycles. The lowest BCUT2D eigenvalue weighted by Crippen LogP contribution is -1.99. The van der Waals surface area contributed by atoms with E-state index < -0.39 is 0 Å². The predicted molar refractivity (Wildman–Crippen MR) is 179 cm³/mol. The van der Waals surface area contributed by atoms with Gasteiger partial charge in [-0.2, -0.15) is 0 Å². The molecule has 0 aliphatic rings. The predicted octanol–water partition coefficient (Wildman–Crippen LogP) is 9.78. The highest BCUT2D eigenvalue weighted by Crippen LogP contribution is 2.24. The van der Waals surface area contributed by atoms with E-state index in [0.29, 0.717) is 0 Å². The molecule has 4 aromatic rings. The van der Waals surface area contributed by atoms with E-state index in [-0.39, 0.29) is 0 Å². The third kappa shape index (κ3) is 9.25. The molecule has 0 aromatic heterocycles. The molecule has 4 rings (SSSR count). The number of rotatable bonds is 14. The van der Waals surface area contributed by atoms with Gasteiger partial charge >= 0.3 is 0 Å². The van der Waals surface area contributed by atoms with E-state index in [4.69, 9.17) is 11.5 Å². The third-order valence-corrected chi connectivity index (χ3v) is 8.66. The smallest absolute Gasteiger partial charge is 0.0314 e. The van der Waals surface area contributed by atoms with Crippen LogP contribution in [0.2, 0.25) is 0 Å². The standard InChI is InChI=1S/C39H50N2/c1-28-22-34(23-29(2)38(28)26-32-14-18-36(40)19-15-32)12-10-8-6-5-7-9-11-13-35-24-30(3)39(31(4)25-35)27-33-16-20-37(41)21-17-33/h14-25H,5-13,26-27,40-41H2,1-4H3. The van der Waals surface area contributed by atoms with E-state index in [2.05, 4.69) is 76.2 Å². The van der Waals surface area contributed by atoms with Gasteiger partial charge in [0.1, 0.15) is 0 Å². The Morgan fingerprint density at radius 2 is 0.683 bits per heavy atom. The molecule has 0 atom stereocenters. The van der Waals surface area contributed by atoms with Crippen LogP contribution in [0.1, 0.15) is 101 Å². The van der Waals surface area contributed by atoms with Gasteiger partial charge in [-0.3, -0.25) is 0 Å². The van der Waals surface area contributed by atoms with Gasteiger partial charge in [-0.1, -0.05) is 80.6 Å². The first-order valence-electron chi connectivity index (χ1n) is 15.7.